The van der Waals surface area contributed by atoms with Gasteiger partial charge in [0.05, 0.1) is 0 Å². The molecule has 0 spiro atoms. The van der Waals surface area contributed by atoms with E-state index in [1.165, 1.54) is 6.20 Å². The predicted octanol–water partition coefficient (Wildman–Crippen LogP) is 1.71. The fourth-order valence-corrected chi connectivity index (χ4v) is 2.29. The number of amides is 1. The maximum Gasteiger partial charge on any atom is 0.408 e. The Kier molecular flexibility index (Phi) is 5.09. The molecule has 0 aliphatic carbocycles. The lowest BCUT2D eigenvalue weighted by molar-refractivity contribution is -0.172. The third kappa shape index (κ3) is 3.94. The third-order valence-electron chi connectivity index (χ3n) is 3.66. The minimum atomic E-state index is -4.64. The molecule has 1 aliphatic rings. The molecule has 2 heterocycles. The van der Waals surface area contributed by atoms with Crippen LogP contribution in [0.2, 0.25) is 0 Å². The highest BCUT2D eigenvalue weighted by atomic mass is 19.4. The van der Waals surface area contributed by atoms with E-state index >= 15 is 0 Å². The summed E-state index contributed by atoms with van der Waals surface area (Å²) in [6.07, 6.45) is -3.44. The van der Waals surface area contributed by atoms with Crippen molar-refractivity contribution < 1.29 is 27.5 Å². The Hall–Kier alpha value is -2.52. The van der Waals surface area contributed by atoms with Gasteiger partial charge in [-0.3, -0.25) is 19.1 Å². The Balaban J connectivity index is 2.42. The normalized spacial score (nSPS) is 15.6. The van der Waals surface area contributed by atoms with Crippen molar-refractivity contribution in [2.75, 3.05) is 12.1 Å². The molecule has 1 N–H and O–H groups in total. The van der Waals surface area contributed by atoms with E-state index in [-0.39, 0.29) is 12.3 Å². The lowest BCUT2D eigenvalue weighted by atomic mass is 10.1. The molecule has 0 bridgehead atoms. The van der Waals surface area contributed by atoms with Gasteiger partial charge in [-0.1, -0.05) is 13.8 Å². The lowest BCUT2D eigenvalue weighted by Crippen LogP contribution is -2.54. The molecule has 7 nitrogen and oxygen atoms in total. The number of fused-ring (bicyclic) bond motifs is 1. The number of alkyl halides is 3. The number of carbonyl (C=O) groups is 2. The molecule has 0 radical (unpaired) electrons. The Bertz CT molecular complexity index is 743. The smallest absolute Gasteiger partial charge is 0.408 e. The maximum atomic E-state index is 12.9. The first-order chi connectivity index (χ1) is 11.5. The van der Waals surface area contributed by atoms with Crippen LogP contribution in [0.3, 0.4) is 0 Å². The number of ether oxygens (including phenoxy) is 1. The van der Waals surface area contributed by atoms with E-state index in [0.29, 0.717) is 4.90 Å². The summed E-state index contributed by atoms with van der Waals surface area (Å²) >= 11 is 0. The Morgan fingerprint density at radius 3 is 2.52 bits per heavy atom. The third-order valence-corrected chi connectivity index (χ3v) is 3.66. The SMILES string of the molecule is CC(C)CC(=O)Oc1c2n(ccc1=O)NCN([C@H](C)C(F)(F)F)C2=O. The Labute approximate surface area is 141 Å². The molecule has 0 unspecified atom stereocenters. The van der Waals surface area contributed by atoms with Crippen LogP contribution < -0.4 is 15.6 Å². The zero-order valence-electron chi connectivity index (χ0n) is 13.9. The monoisotopic (exact) mass is 361 g/mol. The van der Waals surface area contributed by atoms with Gasteiger partial charge in [0.1, 0.15) is 12.7 Å². The average molecular weight is 361 g/mol. The first-order valence-electron chi connectivity index (χ1n) is 7.60. The summed E-state index contributed by atoms with van der Waals surface area (Å²) in [6.45, 7) is 3.94. The predicted molar refractivity (Wildman–Crippen MR) is 81.7 cm³/mol. The number of carbonyl (C=O) groups excluding carboxylic acids is 2. The molecule has 1 amide bonds. The van der Waals surface area contributed by atoms with Crippen molar-refractivity contribution in [2.24, 2.45) is 5.92 Å². The van der Waals surface area contributed by atoms with Crippen LogP contribution in [0.5, 0.6) is 5.75 Å². The second kappa shape index (κ2) is 6.77. The number of hydrogen-bond acceptors (Lipinski definition) is 5. The maximum absolute atomic E-state index is 12.9. The van der Waals surface area contributed by atoms with Gasteiger partial charge >= 0.3 is 12.1 Å². The van der Waals surface area contributed by atoms with Crippen LogP contribution in [0.25, 0.3) is 0 Å². The summed E-state index contributed by atoms with van der Waals surface area (Å²) in [5, 5.41) is 0. The number of rotatable bonds is 4. The molecule has 0 aromatic carbocycles. The van der Waals surface area contributed by atoms with Crippen LogP contribution in [0.1, 0.15) is 37.7 Å². The van der Waals surface area contributed by atoms with Crippen LogP contribution in [0.4, 0.5) is 13.2 Å². The van der Waals surface area contributed by atoms with Crippen LogP contribution >= 0.6 is 0 Å². The first-order valence-corrected chi connectivity index (χ1v) is 7.60. The molecule has 1 atom stereocenters. The van der Waals surface area contributed by atoms with Gasteiger partial charge in [0.2, 0.25) is 11.2 Å². The molecule has 0 saturated heterocycles. The molecule has 25 heavy (non-hydrogen) atoms. The van der Waals surface area contributed by atoms with E-state index in [9.17, 15) is 27.6 Å². The minimum absolute atomic E-state index is 0.00192. The zero-order chi connectivity index (χ0) is 18.9. The molecule has 0 saturated carbocycles. The molecule has 1 aromatic rings. The average Bonchev–Trinajstić information content (AvgIpc) is 2.48. The van der Waals surface area contributed by atoms with Gasteiger partial charge in [-0.05, 0) is 12.8 Å². The number of pyridine rings is 1. The number of nitrogens with one attached hydrogen (secondary N) is 1. The van der Waals surface area contributed by atoms with Gasteiger partial charge in [0.15, 0.2) is 5.69 Å². The van der Waals surface area contributed by atoms with E-state index in [1.54, 1.807) is 13.8 Å². The van der Waals surface area contributed by atoms with Crippen molar-refractivity contribution in [2.45, 2.75) is 39.4 Å². The number of aromatic nitrogens is 1. The van der Waals surface area contributed by atoms with Crippen molar-refractivity contribution in [3.8, 4) is 5.75 Å². The van der Waals surface area contributed by atoms with Crippen LogP contribution in [0, 0.1) is 5.92 Å². The summed E-state index contributed by atoms with van der Waals surface area (Å²) < 4.78 is 44.9. The van der Waals surface area contributed by atoms with E-state index in [4.69, 9.17) is 4.74 Å². The van der Waals surface area contributed by atoms with E-state index in [2.05, 4.69) is 5.43 Å². The summed E-state index contributed by atoms with van der Waals surface area (Å²) in [4.78, 5) is 36.9. The standard InChI is InChI=1S/C15H18F3N3O4/c1-8(2)6-11(23)25-13-10(22)4-5-21-12(13)14(24)20(7-19-21)9(3)15(16,17)18/h4-5,8-9,19H,6-7H2,1-3H3/t9-/m1/s1. The zero-order valence-corrected chi connectivity index (χ0v) is 13.9. The van der Waals surface area contributed by atoms with Gasteiger partial charge in [0, 0.05) is 18.7 Å². The molecule has 1 aliphatic heterocycles. The Morgan fingerprint density at radius 2 is 1.96 bits per heavy atom. The molecule has 10 heteroatoms. The fourth-order valence-electron chi connectivity index (χ4n) is 2.29. The fraction of sp³-hybridized carbons (Fsp3) is 0.533. The molecule has 0 fully saturated rings. The van der Waals surface area contributed by atoms with Crippen molar-refractivity contribution in [1.82, 2.24) is 9.58 Å². The second-order valence-electron chi connectivity index (χ2n) is 6.11. The van der Waals surface area contributed by atoms with Crippen molar-refractivity contribution in [3.05, 3.63) is 28.2 Å². The molecule has 2 rings (SSSR count). The molecular weight excluding hydrogens is 343 g/mol. The molecule has 138 valence electrons. The van der Waals surface area contributed by atoms with Gasteiger partial charge in [0.25, 0.3) is 5.91 Å². The van der Waals surface area contributed by atoms with Gasteiger partial charge < -0.3 is 15.1 Å². The number of halogens is 3. The van der Waals surface area contributed by atoms with E-state index in [1.807, 2.05) is 0 Å². The molecular formula is C15H18F3N3O4. The summed E-state index contributed by atoms with van der Waals surface area (Å²) in [7, 11) is 0. The summed E-state index contributed by atoms with van der Waals surface area (Å²) in [6, 6.07) is -1.01. The van der Waals surface area contributed by atoms with Crippen molar-refractivity contribution in [3.63, 3.8) is 0 Å². The lowest BCUT2D eigenvalue weighted by Gasteiger charge is -2.36. The quantitative estimate of drug-likeness (QED) is 0.826. The van der Waals surface area contributed by atoms with Crippen LogP contribution in [0.15, 0.2) is 17.1 Å². The minimum Gasteiger partial charge on any atom is -0.420 e. The second-order valence-corrected chi connectivity index (χ2v) is 6.11. The first kappa shape index (κ1) is 18.8. The summed E-state index contributed by atoms with van der Waals surface area (Å²) in [5.74, 6) is -2.42. The van der Waals surface area contributed by atoms with Crippen molar-refractivity contribution in [1.29, 1.82) is 0 Å². The van der Waals surface area contributed by atoms with Crippen LogP contribution in [-0.2, 0) is 4.79 Å². The van der Waals surface area contributed by atoms with Crippen LogP contribution in [-0.4, -0.2) is 40.3 Å². The Morgan fingerprint density at radius 1 is 1.32 bits per heavy atom. The van der Waals surface area contributed by atoms with Gasteiger partial charge in [-0.25, -0.2) is 0 Å². The number of hydrogen-bond donors (Lipinski definition) is 1. The van der Waals surface area contributed by atoms with Crippen molar-refractivity contribution >= 4 is 11.9 Å². The summed E-state index contributed by atoms with van der Waals surface area (Å²) in [5.41, 5.74) is 1.37. The highest BCUT2D eigenvalue weighted by Crippen LogP contribution is 2.28. The number of esters is 1. The van der Waals surface area contributed by atoms with E-state index < -0.39 is 47.6 Å². The highest BCUT2D eigenvalue weighted by Gasteiger charge is 2.44. The number of nitrogens with zero attached hydrogens (tertiary/aromatic N) is 2. The largest absolute Gasteiger partial charge is 0.420 e. The van der Waals surface area contributed by atoms with E-state index in [0.717, 1.165) is 17.7 Å². The topological polar surface area (TPSA) is 80.6 Å². The highest BCUT2D eigenvalue weighted by molar-refractivity contribution is 5.97. The molecule has 1 aromatic heterocycles. The van der Waals surface area contributed by atoms with Gasteiger partial charge in [-0.2, -0.15) is 13.2 Å². The van der Waals surface area contributed by atoms with Gasteiger partial charge in [-0.15, -0.1) is 0 Å².